The lowest BCUT2D eigenvalue weighted by atomic mass is 9.93. The summed E-state index contributed by atoms with van der Waals surface area (Å²) >= 11 is 1.44. The molecular formula is C15H18N4O2S. The average Bonchev–Trinajstić information content (AvgIpc) is 2.89. The number of likely N-dealkylation sites (tertiary alicyclic amines) is 1. The number of nitrogens with two attached hydrogens (primary N) is 1. The van der Waals surface area contributed by atoms with Gasteiger partial charge in [0.1, 0.15) is 0 Å². The van der Waals surface area contributed by atoms with E-state index in [1.807, 2.05) is 31.2 Å². The Kier molecular flexibility index (Phi) is 3.98. The zero-order valence-electron chi connectivity index (χ0n) is 12.3. The van der Waals surface area contributed by atoms with E-state index >= 15 is 0 Å². The first-order chi connectivity index (χ1) is 10.5. The molecule has 1 fully saturated rings. The summed E-state index contributed by atoms with van der Waals surface area (Å²) in [5, 5.41) is 3.40. The van der Waals surface area contributed by atoms with Gasteiger partial charge in [-0.05, 0) is 31.9 Å². The molecule has 1 aliphatic rings. The second kappa shape index (κ2) is 5.92. The van der Waals surface area contributed by atoms with Crippen molar-refractivity contribution in [1.82, 2.24) is 9.88 Å². The Bertz CT molecular complexity index is 681. The molecule has 2 aromatic rings. The summed E-state index contributed by atoms with van der Waals surface area (Å²) in [7, 11) is 0. The van der Waals surface area contributed by atoms with Crippen LogP contribution in [0.1, 0.15) is 19.8 Å². The molecule has 0 radical (unpaired) electrons. The molecule has 0 aliphatic carbocycles. The number of thiazole rings is 1. The number of nitrogens with one attached hydrogen (secondary N) is 1. The third kappa shape index (κ3) is 2.89. The minimum atomic E-state index is -0.343. The van der Waals surface area contributed by atoms with E-state index in [1.165, 1.54) is 11.3 Å². The molecule has 3 amide bonds. The molecule has 2 heterocycles. The standard InChI is InChI=1S/C15H18N4O2S/c1-9-6-7-10(13(16)20)8-19(9)15(21)18-14-17-11-4-2-3-5-12(11)22-14/h2-5,9-10H,6-8H2,1H3,(H2,16,20)(H,17,18,21)/t9-,10+/m0/s1. The van der Waals surface area contributed by atoms with Gasteiger partial charge in [-0.25, -0.2) is 9.78 Å². The Morgan fingerprint density at radius 2 is 2.14 bits per heavy atom. The van der Waals surface area contributed by atoms with Gasteiger partial charge in [0.2, 0.25) is 5.91 Å². The lowest BCUT2D eigenvalue weighted by Gasteiger charge is -2.36. The highest BCUT2D eigenvalue weighted by molar-refractivity contribution is 7.22. The number of nitrogens with zero attached hydrogens (tertiary/aromatic N) is 2. The van der Waals surface area contributed by atoms with Crippen molar-refractivity contribution in [1.29, 1.82) is 0 Å². The number of amides is 3. The number of fused-ring (bicyclic) bond motifs is 1. The summed E-state index contributed by atoms with van der Waals surface area (Å²) in [4.78, 5) is 29.9. The first kappa shape index (κ1) is 14.8. The van der Waals surface area contributed by atoms with Gasteiger partial charge in [0.25, 0.3) is 0 Å². The summed E-state index contributed by atoms with van der Waals surface area (Å²) < 4.78 is 1.03. The summed E-state index contributed by atoms with van der Waals surface area (Å²) in [6, 6.07) is 7.60. The van der Waals surface area contributed by atoms with Crippen LogP contribution in [0.5, 0.6) is 0 Å². The number of hydrogen-bond acceptors (Lipinski definition) is 4. The van der Waals surface area contributed by atoms with E-state index in [4.69, 9.17) is 5.73 Å². The smallest absolute Gasteiger partial charge is 0.323 e. The summed E-state index contributed by atoms with van der Waals surface area (Å²) in [5.74, 6) is -0.609. The van der Waals surface area contributed by atoms with E-state index < -0.39 is 0 Å². The molecule has 7 heteroatoms. The van der Waals surface area contributed by atoms with Crippen molar-refractivity contribution >= 4 is 38.6 Å². The van der Waals surface area contributed by atoms with Gasteiger partial charge in [0.15, 0.2) is 5.13 Å². The van der Waals surface area contributed by atoms with Crippen molar-refractivity contribution in [2.24, 2.45) is 11.7 Å². The van der Waals surface area contributed by atoms with Gasteiger partial charge in [-0.2, -0.15) is 0 Å². The van der Waals surface area contributed by atoms with Gasteiger partial charge < -0.3 is 10.6 Å². The molecule has 0 spiro atoms. The normalized spacial score (nSPS) is 21.8. The molecule has 1 aromatic heterocycles. The van der Waals surface area contributed by atoms with Crippen LogP contribution in [0.15, 0.2) is 24.3 Å². The number of rotatable bonds is 2. The van der Waals surface area contributed by atoms with E-state index in [0.717, 1.165) is 23.1 Å². The summed E-state index contributed by atoms with van der Waals surface area (Å²) in [6.45, 7) is 2.35. The number of piperidine rings is 1. The maximum atomic E-state index is 12.5. The fourth-order valence-electron chi connectivity index (χ4n) is 2.71. The van der Waals surface area contributed by atoms with Crippen LogP contribution in [0.3, 0.4) is 0 Å². The van der Waals surface area contributed by atoms with E-state index in [0.29, 0.717) is 11.7 Å². The Hall–Kier alpha value is -2.15. The average molecular weight is 318 g/mol. The van der Waals surface area contributed by atoms with E-state index in [9.17, 15) is 9.59 Å². The maximum Gasteiger partial charge on any atom is 0.323 e. The molecule has 1 aliphatic heterocycles. The zero-order chi connectivity index (χ0) is 15.7. The van der Waals surface area contributed by atoms with Crippen LogP contribution in [0.2, 0.25) is 0 Å². The number of benzene rings is 1. The molecule has 1 aromatic carbocycles. The van der Waals surface area contributed by atoms with Gasteiger partial charge >= 0.3 is 6.03 Å². The zero-order valence-corrected chi connectivity index (χ0v) is 13.1. The second-order valence-corrected chi connectivity index (χ2v) is 6.63. The lowest BCUT2D eigenvalue weighted by Crippen LogP contribution is -2.50. The van der Waals surface area contributed by atoms with Crippen LogP contribution in [-0.4, -0.2) is 34.4 Å². The second-order valence-electron chi connectivity index (χ2n) is 5.59. The predicted molar refractivity (Wildman–Crippen MR) is 86.7 cm³/mol. The first-order valence-electron chi connectivity index (χ1n) is 7.27. The highest BCUT2D eigenvalue weighted by Crippen LogP contribution is 2.27. The topological polar surface area (TPSA) is 88.3 Å². The van der Waals surface area contributed by atoms with E-state index in [2.05, 4.69) is 10.3 Å². The Labute approximate surface area is 132 Å². The Morgan fingerprint density at radius 3 is 2.86 bits per heavy atom. The van der Waals surface area contributed by atoms with Crippen molar-refractivity contribution < 1.29 is 9.59 Å². The van der Waals surface area contributed by atoms with Crippen LogP contribution in [0.4, 0.5) is 9.93 Å². The van der Waals surface area contributed by atoms with E-state index in [-0.39, 0.29) is 23.9 Å². The molecule has 2 atom stereocenters. The minimum absolute atomic E-state index is 0.0879. The fraction of sp³-hybridized carbons (Fsp3) is 0.400. The maximum absolute atomic E-state index is 12.5. The molecule has 6 nitrogen and oxygen atoms in total. The van der Waals surface area contributed by atoms with Crippen LogP contribution in [0.25, 0.3) is 10.2 Å². The van der Waals surface area contributed by atoms with Crippen molar-refractivity contribution in [2.45, 2.75) is 25.8 Å². The molecule has 0 bridgehead atoms. The third-order valence-corrected chi connectivity index (χ3v) is 5.00. The number of hydrogen-bond donors (Lipinski definition) is 2. The number of carbonyl (C=O) groups is 2. The quantitative estimate of drug-likeness (QED) is 0.891. The fourth-order valence-corrected chi connectivity index (χ4v) is 3.57. The third-order valence-electron chi connectivity index (χ3n) is 4.05. The number of aromatic nitrogens is 1. The van der Waals surface area contributed by atoms with Crippen LogP contribution in [0, 0.1) is 5.92 Å². The summed E-state index contributed by atoms with van der Waals surface area (Å²) in [6.07, 6.45) is 1.52. The largest absolute Gasteiger partial charge is 0.369 e. The van der Waals surface area contributed by atoms with Gasteiger partial charge in [-0.15, -0.1) is 0 Å². The number of primary amides is 1. The molecule has 22 heavy (non-hydrogen) atoms. The van der Waals surface area contributed by atoms with Crippen molar-refractivity contribution in [2.75, 3.05) is 11.9 Å². The van der Waals surface area contributed by atoms with Crippen LogP contribution < -0.4 is 11.1 Å². The number of anilines is 1. The van der Waals surface area contributed by atoms with Crippen LogP contribution >= 0.6 is 11.3 Å². The Balaban J connectivity index is 1.73. The van der Waals surface area contributed by atoms with Crippen molar-refractivity contribution in [3.63, 3.8) is 0 Å². The summed E-state index contributed by atoms with van der Waals surface area (Å²) in [5.41, 5.74) is 6.24. The number of carbonyl (C=O) groups excluding carboxylic acids is 2. The highest BCUT2D eigenvalue weighted by Gasteiger charge is 2.31. The van der Waals surface area contributed by atoms with Gasteiger partial charge in [-0.1, -0.05) is 23.5 Å². The highest BCUT2D eigenvalue weighted by atomic mass is 32.1. The number of para-hydroxylation sites is 1. The molecule has 3 rings (SSSR count). The molecular weight excluding hydrogens is 300 g/mol. The minimum Gasteiger partial charge on any atom is -0.369 e. The predicted octanol–water partition coefficient (Wildman–Crippen LogP) is 2.41. The molecule has 0 unspecified atom stereocenters. The molecule has 3 N–H and O–H groups in total. The molecule has 116 valence electrons. The Morgan fingerprint density at radius 1 is 1.36 bits per heavy atom. The van der Waals surface area contributed by atoms with Crippen LogP contribution in [-0.2, 0) is 4.79 Å². The SMILES string of the molecule is C[C@H]1CC[C@@H](C(N)=O)CN1C(=O)Nc1nc2ccccc2s1. The first-order valence-corrected chi connectivity index (χ1v) is 8.09. The van der Waals surface area contributed by atoms with Gasteiger partial charge in [-0.3, -0.25) is 10.1 Å². The van der Waals surface area contributed by atoms with Crippen molar-refractivity contribution in [3.8, 4) is 0 Å². The van der Waals surface area contributed by atoms with Gasteiger partial charge in [0, 0.05) is 12.6 Å². The lowest BCUT2D eigenvalue weighted by molar-refractivity contribution is -0.123. The molecule has 0 saturated carbocycles. The van der Waals surface area contributed by atoms with Crippen molar-refractivity contribution in [3.05, 3.63) is 24.3 Å². The van der Waals surface area contributed by atoms with E-state index in [1.54, 1.807) is 4.90 Å². The monoisotopic (exact) mass is 318 g/mol. The van der Waals surface area contributed by atoms with Gasteiger partial charge in [0.05, 0.1) is 16.1 Å². The molecule has 1 saturated heterocycles. The number of urea groups is 1.